The van der Waals surface area contributed by atoms with Crippen LogP contribution in [0.3, 0.4) is 0 Å². The summed E-state index contributed by atoms with van der Waals surface area (Å²) in [5.74, 6) is 0.751. The van der Waals surface area contributed by atoms with Gasteiger partial charge in [0, 0.05) is 12.4 Å². The summed E-state index contributed by atoms with van der Waals surface area (Å²) >= 11 is 1.28. The maximum atomic E-state index is 12.3. The molecule has 0 bridgehead atoms. The van der Waals surface area contributed by atoms with Crippen LogP contribution in [-0.4, -0.2) is 46.8 Å². The fourth-order valence-corrected chi connectivity index (χ4v) is 2.58. The summed E-state index contributed by atoms with van der Waals surface area (Å²) in [5.41, 5.74) is 0.442. The maximum Gasteiger partial charge on any atom is 0.416 e. The number of aliphatic hydroxyl groups is 1. The van der Waals surface area contributed by atoms with Crippen LogP contribution < -0.4 is 0 Å². The summed E-state index contributed by atoms with van der Waals surface area (Å²) in [6.07, 6.45) is -7.45. The second-order valence-corrected chi connectivity index (χ2v) is 5.92. The van der Waals surface area contributed by atoms with E-state index in [1.807, 2.05) is 0 Å². The number of aryl methyl sites for hydroxylation is 1. The first kappa shape index (κ1) is 17.5. The first-order valence-electron chi connectivity index (χ1n) is 6.66. The molecule has 0 fully saturated rings. The molecule has 0 spiro atoms. The van der Waals surface area contributed by atoms with E-state index < -0.39 is 24.7 Å². The van der Waals surface area contributed by atoms with Gasteiger partial charge in [0.15, 0.2) is 16.9 Å². The Morgan fingerprint density at radius 1 is 1.48 bits per heavy atom. The lowest BCUT2D eigenvalue weighted by molar-refractivity contribution is -0.207. The van der Waals surface area contributed by atoms with Crippen LogP contribution in [0.15, 0.2) is 21.9 Å². The lowest BCUT2D eigenvalue weighted by atomic mass is 10.2. The Morgan fingerprint density at radius 3 is 2.74 bits per heavy atom. The summed E-state index contributed by atoms with van der Waals surface area (Å²) in [7, 11) is 1.21. The van der Waals surface area contributed by atoms with Crippen molar-refractivity contribution in [1.82, 2.24) is 9.88 Å². The average molecular weight is 348 g/mol. The predicted octanol–water partition coefficient (Wildman–Crippen LogP) is 2.64. The summed E-state index contributed by atoms with van der Waals surface area (Å²) in [6.45, 7) is 0.985. The predicted molar refractivity (Wildman–Crippen MR) is 78.0 cm³/mol. The molecule has 1 amide bonds. The van der Waals surface area contributed by atoms with Gasteiger partial charge in [0.1, 0.15) is 5.76 Å². The molecule has 2 rings (SSSR count). The Morgan fingerprint density at radius 2 is 2.17 bits per heavy atom. The number of thiazole rings is 1. The summed E-state index contributed by atoms with van der Waals surface area (Å²) in [5, 5.41) is 11.2. The minimum atomic E-state index is -4.75. The van der Waals surface area contributed by atoms with Gasteiger partial charge in [-0.15, -0.1) is 11.3 Å². The van der Waals surface area contributed by atoms with Crippen molar-refractivity contribution in [3.63, 3.8) is 0 Å². The van der Waals surface area contributed by atoms with Crippen molar-refractivity contribution in [3.8, 4) is 10.8 Å². The van der Waals surface area contributed by atoms with E-state index in [-0.39, 0.29) is 6.42 Å². The molecule has 0 aliphatic rings. The van der Waals surface area contributed by atoms with E-state index in [1.165, 1.54) is 18.4 Å². The SMILES string of the molecule is Cc1ccc(-c2nc(CC(=O)N(C)CC(O)C(F)(F)F)cs2)o1. The molecule has 0 saturated heterocycles. The minimum Gasteiger partial charge on any atom is -0.459 e. The van der Waals surface area contributed by atoms with E-state index >= 15 is 0 Å². The zero-order valence-corrected chi connectivity index (χ0v) is 13.2. The Bertz CT molecular complexity index is 681. The second kappa shape index (κ2) is 6.71. The number of halogens is 3. The zero-order valence-electron chi connectivity index (χ0n) is 12.4. The molecule has 23 heavy (non-hydrogen) atoms. The van der Waals surface area contributed by atoms with Crippen LogP contribution in [0.5, 0.6) is 0 Å². The molecule has 0 radical (unpaired) electrons. The quantitative estimate of drug-likeness (QED) is 0.902. The van der Waals surface area contributed by atoms with Gasteiger partial charge in [0.25, 0.3) is 0 Å². The van der Waals surface area contributed by atoms with Crippen LogP contribution in [0.4, 0.5) is 13.2 Å². The van der Waals surface area contributed by atoms with Crippen LogP contribution >= 0.6 is 11.3 Å². The second-order valence-electron chi connectivity index (χ2n) is 5.06. The normalized spacial score (nSPS) is 13.1. The first-order valence-corrected chi connectivity index (χ1v) is 7.54. The highest BCUT2D eigenvalue weighted by atomic mass is 32.1. The summed E-state index contributed by atoms with van der Waals surface area (Å²) in [4.78, 5) is 17.0. The fraction of sp³-hybridized carbons (Fsp3) is 0.429. The topological polar surface area (TPSA) is 66.6 Å². The number of likely N-dealkylation sites (N-methyl/N-ethyl adjacent to an activating group) is 1. The first-order chi connectivity index (χ1) is 10.7. The van der Waals surface area contributed by atoms with Gasteiger partial charge in [-0.05, 0) is 19.1 Å². The highest BCUT2D eigenvalue weighted by Gasteiger charge is 2.39. The number of nitrogens with zero attached hydrogens (tertiary/aromatic N) is 2. The lowest BCUT2D eigenvalue weighted by Gasteiger charge is -2.22. The smallest absolute Gasteiger partial charge is 0.416 e. The standard InChI is InChI=1S/C14H15F3N2O3S/c1-8-3-4-10(22-8)13-18-9(7-23-13)5-12(21)19(2)6-11(20)14(15,16)17/h3-4,7,11,20H,5-6H2,1-2H3. The third-order valence-electron chi connectivity index (χ3n) is 3.09. The number of rotatable bonds is 5. The Labute approximate surface area is 134 Å². The molecular formula is C14H15F3N2O3S. The Hall–Kier alpha value is -1.87. The molecule has 9 heteroatoms. The van der Waals surface area contributed by atoms with Crippen molar-refractivity contribution in [2.24, 2.45) is 0 Å². The summed E-state index contributed by atoms with van der Waals surface area (Å²) < 4.78 is 42.3. The molecule has 0 saturated carbocycles. The van der Waals surface area contributed by atoms with E-state index in [0.717, 1.165) is 10.7 Å². The van der Waals surface area contributed by atoms with Gasteiger partial charge in [-0.2, -0.15) is 13.2 Å². The third kappa shape index (κ3) is 4.55. The largest absolute Gasteiger partial charge is 0.459 e. The number of hydrogen-bond acceptors (Lipinski definition) is 5. The van der Waals surface area contributed by atoms with E-state index in [9.17, 15) is 18.0 Å². The summed E-state index contributed by atoms with van der Waals surface area (Å²) in [6, 6.07) is 3.54. The molecule has 5 nitrogen and oxygen atoms in total. The van der Waals surface area contributed by atoms with Gasteiger partial charge in [-0.1, -0.05) is 0 Å². The monoisotopic (exact) mass is 348 g/mol. The van der Waals surface area contributed by atoms with Crippen LogP contribution in [0.25, 0.3) is 10.8 Å². The van der Waals surface area contributed by atoms with E-state index in [1.54, 1.807) is 24.4 Å². The van der Waals surface area contributed by atoms with Gasteiger partial charge >= 0.3 is 6.18 Å². The molecule has 2 aromatic heterocycles. The molecule has 0 aromatic carbocycles. The Balaban J connectivity index is 1.97. The van der Waals surface area contributed by atoms with Crippen molar-refractivity contribution in [3.05, 3.63) is 29.0 Å². The van der Waals surface area contributed by atoms with Crippen molar-refractivity contribution in [1.29, 1.82) is 0 Å². The molecule has 0 aliphatic heterocycles. The van der Waals surface area contributed by atoms with Crippen molar-refractivity contribution in [2.75, 3.05) is 13.6 Å². The van der Waals surface area contributed by atoms with E-state index in [4.69, 9.17) is 9.52 Å². The van der Waals surface area contributed by atoms with Gasteiger partial charge < -0.3 is 14.4 Å². The molecule has 2 aromatic rings. The van der Waals surface area contributed by atoms with Gasteiger partial charge in [-0.25, -0.2) is 4.98 Å². The molecule has 1 unspecified atom stereocenters. The molecule has 126 valence electrons. The molecule has 1 N–H and O–H groups in total. The van der Waals surface area contributed by atoms with E-state index in [0.29, 0.717) is 16.5 Å². The average Bonchev–Trinajstić information content (AvgIpc) is 3.06. The van der Waals surface area contributed by atoms with Crippen molar-refractivity contribution < 1.29 is 27.5 Å². The number of carbonyl (C=O) groups is 1. The number of carbonyl (C=O) groups excluding carboxylic acids is 1. The number of amides is 1. The fourth-order valence-electron chi connectivity index (χ4n) is 1.81. The zero-order chi connectivity index (χ0) is 17.2. The molecule has 2 heterocycles. The van der Waals surface area contributed by atoms with Crippen LogP contribution in [0, 0.1) is 6.92 Å². The highest BCUT2D eigenvalue weighted by Crippen LogP contribution is 2.26. The van der Waals surface area contributed by atoms with Gasteiger partial charge in [0.05, 0.1) is 18.7 Å². The molecular weight excluding hydrogens is 333 g/mol. The lowest BCUT2D eigenvalue weighted by Crippen LogP contribution is -2.42. The van der Waals surface area contributed by atoms with Gasteiger partial charge in [-0.3, -0.25) is 4.79 Å². The van der Waals surface area contributed by atoms with Crippen LogP contribution in [0.1, 0.15) is 11.5 Å². The van der Waals surface area contributed by atoms with Crippen LogP contribution in [0.2, 0.25) is 0 Å². The number of furan rings is 1. The van der Waals surface area contributed by atoms with Crippen LogP contribution in [-0.2, 0) is 11.2 Å². The number of aromatic nitrogens is 1. The van der Waals surface area contributed by atoms with E-state index in [2.05, 4.69) is 4.98 Å². The highest BCUT2D eigenvalue weighted by molar-refractivity contribution is 7.13. The minimum absolute atomic E-state index is 0.142. The number of hydrogen-bond donors (Lipinski definition) is 1. The van der Waals surface area contributed by atoms with Crippen molar-refractivity contribution in [2.45, 2.75) is 25.6 Å². The number of alkyl halides is 3. The number of aliphatic hydroxyl groups excluding tert-OH is 1. The Kier molecular flexibility index (Phi) is 5.10. The molecule has 1 atom stereocenters. The van der Waals surface area contributed by atoms with Crippen molar-refractivity contribution >= 4 is 17.2 Å². The third-order valence-corrected chi connectivity index (χ3v) is 3.99. The molecule has 0 aliphatic carbocycles. The maximum absolute atomic E-state index is 12.3. The van der Waals surface area contributed by atoms with Gasteiger partial charge in [0.2, 0.25) is 5.91 Å².